The van der Waals surface area contributed by atoms with Gasteiger partial charge in [-0.25, -0.2) is 0 Å². The number of hydrogen-bond donors (Lipinski definition) is 0. The predicted molar refractivity (Wildman–Crippen MR) is 74.9 cm³/mol. The van der Waals surface area contributed by atoms with E-state index in [1.165, 1.54) is 45.2 Å². The van der Waals surface area contributed by atoms with E-state index in [2.05, 4.69) is 17.9 Å². The average Bonchev–Trinajstić information content (AvgIpc) is 2.89. The summed E-state index contributed by atoms with van der Waals surface area (Å²) in [5.41, 5.74) is 1.60. The maximum Gasteiger partial charge on any atom is 0.0133 e. The van der Waals surface area contributed by atoms with Gasteiger partial charge in [-0.1, -0.05) is 39.3 Å². The van der Waals surface area contributed by atoms with Crippen LogP contribution in [0.2, 0.25) is 0 Å². The van der Waals surface area contributed by atoms with E-state index in [1.807, 2.05) is 27.7 Å². The normalized spacial score (nSPS) is 24.8. The first kappa shape index (κ1) is 15.7. The molecule has 1 saturated heterocycles. The molecule has 1 atom stereocenters. The number of allylic oxidation sites excluding steroid dienone is 1. The fourth-order valence-electron chi connectivity index (χ4n) is 2.39. The molecule has 0 saturated carbocycles. The lowest BCUT2D eigenvalue weighted by molar-refractivity contribution is 0.226. The van der Waals surface area contributed by atoms with Crippen LogP contribution in [0.15, 0.2) is 11.6 Å². The second-order valence-corrected chi connectivity index (χ2v) is 4.22. The lowest BCUT2D eigenvalue weighted by Gasteiger charge is -2.29. The number of rotatable bonds is 1. The fourth-order valence-corrected chi connectivity index (χ4v) is 2.39. The number of nitrogens with zero attached hydrogens (tertiary/aromatic N) is 1. The van der Waals surface area contributed by atoms with E-state index >= 15 is 0 Å². The van der Waals surface area contributed by atoms with Crippen LogP contribution in [0, 0.1) is 0 Å². The smallest absolute Gasteiger partial charge is 0.0133 e. The third-order valence-corrected chi connectivity index (χ3v) is 3.27. The van der Waals surface area contributed by atoms with E-state index in [-0.39, 0.29) is 0 Å². The highest BCUT2D eigenvalue weighted by Gasteiger charge is 2.22. The molecule has 0 bridgehead atoms. The van der Waals surface area contributed by atoms with Gasteiger partial charge in [-0.15, -0.1) is 0 Å². The molecule has 1 aliphatic carbocycles. The molecule has 0 aromatic carbocycles. The first-order valence-electron chi connectivity index (χ1n) is 7.26. The average molecular weight is 225 g/mol. The molecular weight excluding hydrogens is 194 g/mol. The lowest BCUT2D eigenvalue weighted by atomic mass is 9.95. The summed E-state index contributed by atoms with van der Waals surface area (Å²) in [5.74, 6) is 0. The first-order valence-corrected chi connectivity index (χ1v) is 7.26. The summed E-state index contributed by atoms with van der Waals surface area (Å²) in [7, 11) is 0. The zero-order valence-corrected chi connectivity index (χ0v) is 12.1. The fraction of sp³-hybridized carbons (Fsp3) is 0.867. The minimum absolute atomic E-state index is 0.885. The van der Waals surface area contributed by atoms with Crippen LogP contribution >= 0.6 is 0 Å². The van der Waals surface area contributed by atoms with Crippen molar-refractivity contribution in [3.8, 4) is 0 Å². The van der Waals surface area contributed by atoms with Gasteiger partial charge in [0.2, 0.25) is 0 Å². The summed E-state index contributed by atoms with van der Waals surface area (Å²) in [6.45, 7) is 13.0. The van der Waals surface area contributed by atoms with E-state index in [0.717, 1.165) is 6.04 Å². The van der Waals surface area contributed by atoms with Gasteiger partial charge in [0.15, 0.2) is 0 Å². The van der Waals surface area contributed by atoms with Crippen molar-refractivity contribution >= 4 is 0 Å². The van der Waals surface area contributed by atoms with Crippen LogP contribution < -0.4 is 0 Å². The monoisotopic (exact) mass is 225 g/mol. The molecule has 1 aliphatic heterocycles. The summed E-state index contributed by atoms with van der Waals surface area (Å²) in [5, 5.41) is 0. The quantitative estimate of drug-likeness (QED) is 0.588. The molecule has 2 aliphatic rings. The minimum Gasteiger partial charge on any atom is -0.300 e. The molecule has 0 amide bonds. The van der Waals surface area contributed by atoms with Gasteiger partial charge in [0.1, 0.15) is 0 Å². The van der Waals surface area contributed by atoms with Gasteiger partial charge in [0.05, 0.1) is 0 Å². The van der Waals surface area contributed by atoms with E-state index in [0.29, 0.717) is 0 Å². The molecular formula is C15H31N. The highest BCUT2D eigenvalue weighted by Crippen LogP contribution is 2.24. The van der Waals surface area contributed by atoms with Gasteiger partial charge in [0.25, 0.3) is 0 Å². The van der Waals surface area contributed by atoms with Gasteiger partial charge in [-0.3, -0.25) is 0 Å². The summed E-state index contributed by atoms with van der Waals surface area (Å²) >= 11 is 0. The van der Waals surface area contributed by atoms with Crippen LogP contribution in [0.5, 0.6) is 0 Å². The van der Waals surface area contributed by atoms with Crippen molar-refractivity contribution in [3.05, 3.63) is 11.6 Å². The van der Waals surface area contributed by atoms with Crippen molar-refractivity contribution in [1.82, 2.24) is 4.90 Å². The van der Waals surface area contributed by atoms with E-state index in [4.69, 9.17) is 0 Å². The van der Waals surface area contributed by atoms with Gasteiger partial charge >= 0.3 is 0 Å². The Kier molecular flexibility index (Phi) is 9.71. The Labute approximate surface area is 103 Å². The standard InChI is InChI=1S/C11H19N.2C2H6/c1-10-4-6-11(7-5-10)12-8-2-3-9-12;2*1-2/h4,11H,2-3,5-9H2,1H3;2*1-2H3. The number of hydrogen-bond acceptors (Lipinski definition) is 1. The maximum atomic E-state index is 2.68. The zero-order chi connectivity index (χ0) is 12.4. The van der Waals surface area contributed by atoms with Crippen molar-refractivity contribution in [2.45, 2.75) is 72.8 Å². The SMILES string of the molecule is CC.CC.CC1=CCC(N2CCCC2)CC1. The molecule has 96 valence electrons. The van der Waals surface area contributed by atoms with Crippen LogP contribution in [0.3, 0.4) is 0 Å². The predicted octanol–water partition coefficient (Wildman–Crippen LogP) is 4.63. The van der Waals surface area contributed by atoms with Crippen LogP contribution in [0.1, 0.15) is 66.7 Å². The highest BCUT2D eigenvalue weighted by molar-refractivity contribution is 5.05. The molecule has 2 rings (SSSR count). The van der Waals surface area contributed by atoms with Crippen LogP contribution in [0.4, 0.5) is 0 Å². The van der Waals surface area contributed by atoms with E-state index in [1.54, 1.807) is 5.57 Å². The molecule has 0 aromatic rings. The Bertz CT molecular complexity index is 178. The second kappa shape index (κ2) is 9.89. The van der Waals surface area contributed by atoms with E-state index < -0.39 is 0 Å². The number of likely N-dealkylation sites (tertiary alicyclic amines) is 1. The van der Waals surface area contributed by atoms with Crippen LogP contribution in [0.25, 0.3) is 0 Å². The molecule has 0 spiro atoms. The molecule has 1 heteroatoms. The van der Waals surface area contributed by atoms with Gasteiger partial charge in [0, 0.05) is 6.04 Å². The van der Waals surface area contributed by atoms with Crippen molar-refractivity contribution in [1.29, 1.82) is 0 Å². The Hall–Kier alpha value is -0.300. The lowest BCUT2D eigenvalue weighted by Crippen LogP contribution is -2.33. The second-order valence-electron chi connectivity index (χ2n) is 4.22. The zero-order valence-electron chi connectivity index (χ0n) is 12.1. The van der Waals surface area contributed by atoms with Crippen molar-refractivity contribution in [2.24, 2.45) is 0 Å². The maximum absolute atomic E-state index is 2.68. The van der Waals surface area contributed by atoms with E-state index in [9.17, 15) is 0 Å². The van der Waals surface area contributed by atoms with Gasteiger partial charge in [-0.2, -0.15) is 0 Å². The van der Waals surface area contributed by atoms with Crippen molar-refractivity contribution in [3.63, 3.8) is 0 Å². The molecule has 0 aromatic heterocycles. The molecule has 1 heterocycles. The third-order valence-electron chi connectivity index (χ3n) is 3.27. The Morgan fingerprint density at radius 2 is 1.62 bits per heavy atom. The minimum atomic E-state index is 0.885. The molecule has 0 N–H and O–H groups in total. The molecule has 1 nitrogen and oxygen atoms in total. The van der Waals surface area contributed by atoms with Crippen molar-refractivity contribution < 1.29 is 0 Å². The summed E-state index contributed by atoms with van der Waals surface area (Å²) in [6, 6.07) is 0.885. The largest absolute Gasteiger partial charge is 0.300 e. The first-order chi connectivity index (χ1) is 7.86. The third kappa shape index (κ3) is 5.16. The summed E-state index contributed by atoms with van der Waals surface area (Å²) in [6.07, 6.45) is 9.35. The topological polar surface area (TPSA) is 3.24 Å². The van der Waals surface area contributed by atoms with Crippen LogP contribution in [-0.2, 0) is 0 Å². The van der Waals surface area contributed by atoms with Gasteiger partial charge < -0.3 is 4.90 Å². The Balaban J connectivity index is 0.000000509. The molecule has 1 unspecified atom stereocenters. The molecule has 1 fully saturated rings. The Morgan fingerprint density at radius 1 is 1.06 bits per heavy atom. The summed E-state index contributed by atoms with van der Waals surface area (Å²) in [4.78, 5) is 2.68. The molecule has 16 heavy (non-hydrogen) atoms. The van der Waals surface area contributed by atoms with Crippen molar-refractivity contribution in [2.75, 3.05) is 13.1 Å². The Morgan fingerprint density at radius 3 is 2.06 bits per heavy atom. The highest BCUT2D eigenvalue weighted by atomic mass is 15.2. The van der Waals surface area contributed by atoms with Crippen LogP contribution in [-0.4, -0.2) is 24.0 Å². The molecule has 0 radical (unpaired) electrons. The van der Waals surface area contributed by atoms with Gasteiger partial charge in [-0.05, 0) is 52.1 Å². The summed E-state index contributed by atoms with van der Waals surface area (Å²) < 4.78 is 0.